The summed E-state index contributed by atoms with van der Waals surface area (Å²) in [4.78, 5) is 0. The van der Waals surface area contributed by atoms with E-state index in [-0.39, 0.29) is 11.7 Å². The van der Waals surface area contributed by atoms with Crippen molar-refractivity contribution in [1.29, 1.82) is 0 Å². The van der Waals surface area contributed by atoms with Gasteiger partial charge in [-0.1, -0.05) is 0 Å². The highest BCUT2D eigenvalue weighted by atomic mass is 32.2. The summed E-state index contributed by atoms with van der Waals surface area (Å²) in [5.74, 6) is -2.51. The Morgan fingerprint density at radius 1 is 1.29 bits per heavy atom. The molecule has 0 aromatic heterocycles. The summed E-state index contributed by atoms with van der Waals surface area (Å²) in [6.45, 7) is 3.18. The number of hydrogen-bond acceptors (Lipinski definition) is 3. The van der Waals surface area contributed by atoms with E-state index in [4.69, 9.17) is 5.73 Å². The molecular weight excluding hydrogens is 252 g/mol. The summed E-state index contributed by atoms with van der Waals surface area (Å²) in [7, 11) is -3.98. The minimum absolute atomic E-state index is 0.196. The molecule has 0 unspecified atom stereocenters. The Kier molecular flexibility index (Phi) is 3.89. The van der Waals surface area contributed by atoms with Crippen LogP contribution in [0, 0.1) is 11.6 Å². The van der Waals surface area contributed by atoms with Crippen LogP contribution in [0.4, 0.5) is 20.2 Å². The fourth-order valence-electron chi connectivity index (χ4n) is 1.14. The maximum atomic E-state index is 13.3. The van der Waals surface area contributed by atoms with E-state index < -0.39 is 27.5 Å². The van der Waals surface area contributed by atoms with Crippen LogP contribution in [-0.2, 0) is 10.2 Å². The topological polar surface area (TPSA) is 84.2 Å². The van der Waals surface area contributed by atoms with Gasteiger partial charge in [0.2, 0.25) is 0 Å². The van der Waals surface area contributed by atoms with Gasteiger partial charge in [0.05, 0.1) is 5.69 Å². The third-order valence-electron chi connectivity index (χ3n) is 1.75. The van der Waals surface area contributed by atoms with Gasteiger partial charge in [-0.2, -0.15) is 13.1 Å². The van der Waals surface area contributed by atoms with E-state index in [1.807, 2.05) is 4.72 Å². The number of anilines is 2. The van der Waals surface area contributed by atoms with Gasteiger partial charge in [-0.3, -0.25) is 4.72 Å². The van der Waals surface area contributed by atoms with Gasteiger partial charge in [-0.05, 0) is 26.0 Å². The zero-order valence-corrected chi connectivity index (χ0v) is 10.1. The first-order chi connectivity index (χ1) is 7.73. The molecule has 1 aromatic carbocycles. The maximum absolute atomic E-state index is 13.3. The number of nitrogen functional groups attached to an aromatic ring is 1. The molecule has 17 heavy (non-hydrogen) atoms. The molecule has 0 aliphatic heterocycles. The van der Waals surface area contributed by atoms with E-state index in [9.17, 15) is 17.2 Å². The van der Waals surface area contributed by atoms with Crippen molar-refractivity contribution in [2.24, 2.45) is 0 Å². The third kappa shape index (κ3) is 3.53. The Bertz CT molecular complexity index is 517. The standard InChI is InChI=1S/C9H13F2N3O2S/c1-5(2)13-17(15,16)14-9-7(12)4-3-6(10)8(9)11/h3-5,13-14H,12H2,1-2H3. The normalized spacial score (nSPS) is 11.8. The molecule has 0 aliphatic rings. The lowest BCUT2D eigenvalue weighted by atomic mass is 10.2. The molecule has 4 N–H and O–H groups in total. The third-order valence-corrected chi connectivity index (χ3v) is 3.01. The minimum Gasteiger partial charge on any atom is -0.397 e. The van der Waals surface area contributed by atoms with Crippen LogP contribution >= 0.6 is 0 Å². The second-order valence-electron chi connectivity index (χ2n) is 3.70. The van der Waals surface area contributed by atoms with Gasteiger partial charge in [-0.25, -0.2) is 8.78 Å². The second kappa shape index (κ2) is 4.84. The van der Waals surface area contributed by atoms with E-state index in [0.717, 1.165) is 12.1 Å². The lowest BCUT2D eigenvalue weighted by molar-refractivity contribution is 0.512. The van der Waals surface area contributed by atoms with Crippen LogP contribution in [-0.4, -0.2) is 14.5 Å². The molecule has 0 aliphatic carbocycles. The van der Waals surface area contributed by atoms with Crippen LogP contribution in [0.1, 0.15) is 13.8 Å². The summed E-state index contributed by atoms with van der Waals surface area (Å²) < 4.78 is 53.2. The van der Waals surface area contributed by atoms with E-state index in [0.29, 0.717) is 0 Å². The molecule has 0 heterocycles. The van der Waals surface area contributed by atoms with E-state index in [1.165, 1.54) is 0 Å². The average molecular weight is 265 g/mol. The number of rotatable bonds is 4. The van der Waals surface area contributed by atoms with Crippen LogP contribution in [0.2, 0.25) is 0 Å². The molecule has 96 valence electrons. The highest BCUT2D eigenvalue weighted by Crippen LogP contribution is 2.25. The van der Waals surface area contributed by atoms with Crippen LogP contribution < -0.4 is 15.2 Å². The first-order valence-electron chi connectivity index (χ1n) is 4.76. The van der Waals surface area contributed by atoms with Crippen molar-refractivity contribution in [1.82, 2.24) is 4.72 Å². The Hall–Kier alpha value is -1.41. The summed E-state index contributed by atoms with van der Waals surface area (Å²) in [5, 5.41) is 0. The predicted molar refractivity (Wildman–Crippen MR) is 61.6 cm³/mol. The van der Waals surface area contributed by atoms with E-state index in [1.54, 1.807) is 13.8 Å². The van der Waals surface area contributed by atoms with E-state index >= 15 is 0 Å². The second-order valence-corrected chi connectivity index (χ2v) is 5.15. The number of benzene rings is 1. The van der Waals surface area contributed by atoms with Crippen LogP contribution in [0.25, 0.3) is 0 Å². The number of hydrogen-bond donors (Lipinski definition) is 3. The largest absolute Gasteiger partial charge is 0.397 e. The van der Waals surface area contributed by atoms with Crippen molar-refractivity contribution < 1.29 is 17.2 Å². The summed E-state index contributed by atoms with van der Waals surface area (Å²) >= 11 is 0. The Morgan fingerprint density at radius 3 is 2.41 bits per heavy atom. The molecule has 5 nitrogen and oxygen atoms in total. The molecule has 0 radical (unpaired) electrons. The predicted octanol–water partition coefficient (Wildman–Crippen LogP) is 1.20. The SMILES string of the molecule is CC(C)NS(=O)(=O)Nc1c(N)ccc(F)c1F. The first-order valence-corrected chi connectivity index (χ1v) is 6.25. The van der Waals surface area contributed by atoms with Crippen LogP contribution in [0.5, 0.6) is 0 Å². The van der Waals surface area contributed by atoms with Crippen molar-refractivity contribution in [2.75, 3.05) is 10.5 Å². The van der Waals surface area contributed by atoms with Gasteiger partial charge < -0.3 is 5.73 Å². The smallest absolute Gasteiger partial charge is 0.299 e. The summed E-state index contributed by atoms with van der Waals surface area (Å²) in [6, 6.07) is 1.51. The molecule has 8 heteroatoms. The molecule has 0 fully saturated rings. The molecule has 1 rings (SSSR count). The molecule has 0 spiro atoms. The van der Waals surface area contributed by atoms with Gasteiger partial charge in [0, 0.05) is 6.04 Å². The number of halogens is 2. The molecular formula is C9H13F2N3O2S. The van der Waals surface area contributed by atoms with Crippen molar-refractivity contribution >= 4 is 21.6 Å². The highest BCUT2D eigenvalue weighted by molar-refractivity contribution is 7.90. The average Bonchev–Trinajstić information content (AvgIpc) is 2.17. The lowest BCUT2D eigenvalue weighted by Crippen LogP contribution is -2.35. The van der Waals surface area contributed by atoms with Crippen molar-refractivity contribution in [3.63, 3.8) is 0 Å². The highest BCUT2D eigenvalue weighted by Gasteiger charge is 2.18. The molecule has 0 bridgehead atoms. The van der Waals surface area contributed by atoms with Crippen molar-refractivity contribution in [2.45, 2.75) is 19.9 Å². The lowest BCUT2D eigenvalue weighted by Gasteiger charge is -2.13. The number of nitrogens with one attached hydrogen (secondary N) is 2. The Balaban J connectivity index is 3.08. The summed E-state index contributed by atoms with van der Waals surface area (Å²) in [5.41, 5.74) is 4.57. The minimum atomic E-state index is -3.98. The first kappa shape index (κ1) is 13.7. The van der Waals surface area contributed by atoms with Gasteiger partial charge in [-0.15, -0.1) is 0 Å². The zero-order valence-electron chi connectivity index (χ0n) is 9.29. The van der Waals surface area contributed by atoms with E-state index in [2.05, 4.69) is 4.72 Å². The summed E-state index contributed by atoms with van der Waals surface area (Å²) in [6.07, 6.45) is 0. The van der Waals surface area contributed by atoms with Crippen molar-refractivity contribution in [3.05, 3.63) is 23.8 Å². The van der Waals surface area contributed by atoms with Crippen molar-refractivity contribution in [3.8, 4) is 0 Å². The Morgan fingerprint density at radius 2 is 1.88 bits per heavy atom. The molecule has 0 saturated heterocycles. The molecule has 0 saturated carbocycles. The molecule has 0 amide bonds. The Labute approximate surface area is 98.2 Å². The van der Waals surface area contributed by atoms with Crippen LogP contribution in [0.3, 0.4) is 0 Å². The van der Waals surface area contributed by atoms with Gasteiger partial charge >= 0.3 is 0 Å². The van der Waals surface area contributed by atoms with Gasteiger partial charge in [0.25, 0.3) is 10.2 Å². The fourth-order valence-corrected chi connectivity index (χ4v) is 2.30. The quantitative estimate of drug-likeness (QED) is 0.715. The monoisotopic (exact) mass is 265 g/mol. The zero-order chi connectivity index (χ0) is 13.2. The molecule has 1 aromatic rings. The van der Waals surface area contributed by atoms with Gasteiger partial charge in [0.15, 0.2) is 11.6 Å². The van der Waals surface area contributed by atoms with Crippen LogP contribution in [0.15, 0.2) is 12.1 Å². The fraction of sp³-hybridized carbons (Fsp3) is 0.333. The molecule has 0 atom stereocenters. The van der Waals surface area contributed by atoms with Gasteiger partial charge in [0.1, 0.15) is 5.69 Å². The maximum Gasteiger partial charge on any atom is 0.299 e. The number of nitrogens with two attached hydrogens (primary N) is 1.